The number of carbonyl (C=O) groups excluding carboxylic acids is 2. The summed E-state index contributed by atoms with van der Waals surface area (Å²) < 4.78 is 7.31. The van der Waals surface area contributed by atoms with Crippen LogP contribution in [-0.4, -0.2) is 85.0 Å². The number of carbonyl (C=O) groups is 2. The van der Waals surface area contributed by atoms with Crippen LogP contribution in [0.4, 0.5) is 39.3 Å². The second-order valence-electron chi connectivity index (χ2n) is 9.46. The van der Waals surface area contributed by atoms with Gasteiger partial charge in [-0.3, -0.25) is 19.3 Å². The molecule has 13 heteroatoms. The first-order valence-corrected chi connectivity index (χ1v) is 12.3. The molecule has 1 aliphatic rings. The fraction of sp³-hybridized carbons (Fsp3) is 0.346. The van der Waals surface area contributed by atoms with E-state index < -0.39 is 0 Å². The van der Waals surface area contributed by atoms with Crippen LogP contribution in [0.3, 0.4) is 0 Å². The number of hydrogen-bond acceptors (Lipinski definition) is 9. The van der Waals surface area contributed by atoms with Crippen LogP contribution in [0.1, 0.15) is 5.56 Å². The first-order chi connectivity index (χ1) is 18.6. The molecule has 0 saturated carbocycles. The van der Waals surface area contributed by atoms with Crippen LogP contribution in [0, 0.1) is 0 Å². The number of nitrogens with one attached hydrogen (secondary N) is 2. The minimum absolute atomic E-state index is 0.225. The summed E-state index contributed by atoms with van der Waals surface area (Å²) in [7, 11) is 11.0. The average Bonchev–Trinajstić information content (AvgIpc) is 3.35. The molecule has 0 radical (unpaired) electrons. The molecule has 1 aromatic carbocycles. The van der Waals surface area contributed by atoms with Crippen LogP contribution in [0.5, 0.6) is 5.75 Å². The third-order valence-corrected chi connectivity index (χ3v) is 6.31. The molecule has 13 nitrogen and oxygen atoms in total. The molecule has 4 rings (SSSR count). The lowest BCUT2D eigenvalue weighted by Crippen LogP contribution is -2.45. The number of anilines is 6. The summed E-state index contributed by atoms with van der Waals surface area (Å²) in [5, 5.41) is 10.2. The lowest BCUT2D eigenvalue weighted by molar-refractivity contribution is -0.111. The molecule has 0 spiro atoms. The largest absolute Gasteiger partial charge is 0.494 e. The van der Waals surface area contributed by atoms with E-state index in [1.165, 1.54) is 11.0 Å². The summed E-state index contributed by atoms with van der Waals surface area (Å²) in [5.41, 5.74) is 3.37. The Bertz CT molecular complexity index is 1390. The van der Waals surface area contributed by atoms with Crippen molar-refractivity contribution in [2.24, 2.45) is 7.05 Å². The summed E-state index contributed by atoms with van der Waals surface area (Å²) in [6, 6.07) is 3.39. The van der Waals surface area contributed by atoms with Crippen LogP contribution in [-0.2, 0) is 18.4 Å². The quantitative estimate of drug-likeness (QED) is 0.378. The molecule has 0 fully saturated rings. The van der Waals surface area contributed by atoms with Gasteiger partial charge in [0, 0.05) is 58.3 Å². The average molecular weight is 535 g/mol. The van der Waals surface area contributed by atoms with E-state index in [0.29, 0.717) is 35.2 Å². The zero-order valence-electron chi connectivity index (χ0n) is 23.1. The van der Waals surface area contributed by atoms with Crippen molar-refractivity contribution in [1.82, 2.24) is 24.6 Å². The Morgan fingerprint density at radius 3 is 2.59 bits per heavy atom. The maximum Gasteiger partial charge on any atom is 0.330 e. The Balaban J connectivity index is 1.65. The molecule has 39 heavy (non-hydrogen) atoms. The number of amides is 3. The number of rotatable bonds is 10. The normalized spacial score (nSPS) is 12.8. The van der Waals surface area contributed by atoms with Gasteiger partial charge in [0.1, 0.15) is 11.6 Å². The minimum atomic E-state index is -0.336. The number of methoxy groups -OCH3 is 1. The number of likely N-dealkylation sites (N-methyl/N-ethyl adjacent to an activating group) is 2. The van der Waals surface area contributed by atoms with Crippen LogP contribution >= 0.6 is 0 Å². The highest BCUT2D eigenvalue weighted by molar-refractivity contribution is 6.05. The molecule has 0 aliphatic carbocycles. The lowest BCUT2D eigenvalue weighted by atomic mass is 10.2. The minimum Gasteiger partial charge on any atom is -0.494 e. The topological polar surface area (TPSA) is 124 Å². The second-order valence-corrected chi connectivity index (χ2v) is 9.46. The zero-order valence-corrected chi connectivity index (χ0v) is 23.1. The SMILES string of the molecule is C=CC(=O)Nc1cc(Nc2ncc3c(n2)N(C)C(=O)N(c2cnn(C)c2)C3)c(OC)cc1N(C)CCN(C)C. The number of benzene rings is 1. The van der Waals surface area contributed by atoms with Gasteiger partial charge >= 0.3 is 6.03 Å². The lowest BCUT2D eigenvalue weighted by Gasteiger charge is -2.33. The third-order valence-electron chi connectivity index (χ3n) is 6.31. The van der Waals surface area contributed by atoms with Crippen LogP contribution < -0.4 is 30.1 Å². The summed E-state index contributed by atoms with van der Waals surface area (Å²) in [5.74, 6) is 0.969. The predicted octanol–water partition coefficient (Wildman–Crippen LogP) is 2.66. The Morgan fingerprint density at radius 2 is 1.95 bits per heavy atom. The van der Waals surface area contributed by atoms with Crippen molar-refractivity contribution in [2.45, 2.75) is 6.54 Å². The van der Waals surface area contributed by atoms with Gasteiger partial charge in [0.15, 0.2) is 0 Å². The molecular weight excluding hydrogens is 500 g/mol. The number of hydrogen-bond donors (Lipinski definition) is 2. The fourth-order valence-corrected chi connectivity index (χ4v) is 4.15. The van der Waals surface area contributed by atoms with E-state index in [2.05, 4.69) is 37.2 Å². The third kappa shape index (κ3) is 5.93. The van der Waals surface area contributed by atoms with E-state index >= 15 is 0 Å². The number of ether oxygens (including phenoxy) is 1. The Labute approximate surface area is 227 Å². The van der Waals surface area contributed by atoms with Crippen molar-refractivity contribution < 1.29 is 14.3 Å². The molecule has 1 aliphatic heterocycles. The molecule has 0 bridgehead atoms. The maximum absolute atomic E-state index is 13.1. The molecule has 0 atom stereocenters. The number of nitrogens with zero attached hydrogens (tertiary/aromatic N) is 8. The molecule has 2 N–H and O–H groups in total. The predicted molar refractivity (Wildman–Crippen MR) is 152 cm³/mol. The van der Waals surface area contributed by atoms with Crippen molar-refractivity contribution in [3.8, 4) is 5.75 Å². The number of urea groups is 1. The van der Waals surface area contributed by atoms with Gasteiger partial charge in [-0.05, 0) is 26.2 Å². The van der Waals surface area contributed by atoms with E-state index in [-0.39, 0.29) is 17.9 Å². The first kappa shape index (κ1) is 27.4. The molecule has 0 saturated heterocycles. The Hall–Kier alpha value is -4.65. The molecule has 0 unspecified atom stereocenters. The Morgan fingerprint density at radius 1 is 1.18 bits per heavy atom. The van der Waals surface area contributed by atoms with Crippen molar-refractivity contribution in [3.63, 3.8) is 0 Å². The highest BCUT2D eigenvalue weighted by atomic mass is 16.5. The monoisotopic (exact) mass is 534 g/mol. The van der Waals surface area contributed by atoms with Crippen molar-refractivity contribution in [1.29, 1.82) is 0 Å². The zero-order chi connectivity index (χ0) is 28.3. The molecule has 3 aromatic rings. The van der Waals surface area contributed by atoms with Crippen molar-refractivity contribution in [3.05, 3.63) is 48.9 Å². The van der Waals surface area contributed by atoms with Gasteiger partial charge in [-0.1, -0.05) is 6.58 Å². The highest BCUT2D eigenvalue weighted by Crippen LogP contribution is 2.38. The van der Waals surface area contributed by atoms with Crippen LogP contribution in [0.15, 0.2) is 43.4 Å². The molecule has 3 heterocycles. The summed E-state index contributed by atoms with van der Waals surface area (Å²) in [4.78, 5) is 41.6. The van der Waals surface area contributed by atoms with Gasteiger partial charge in [-0.25, -0.2) is 9.78 Å². The standard InChI is InChI=1S/C26H34N10O3/c1-8-23(37)29-19-11-20(22(39-7)12-21(19)33(4)10-9-32(2)3)30-25-27-13-17-15-36(18-14-28-34(5)16-18)26(38)35(6)24(17)31-25/h8,11-14,16H,1,9-10,15H2,2-7H3,(H,29,37)(H,27,30,31). The molecular formula is C26H34N10O3. The number of aromatic nitrogens is 4. The van der Waals surface area contributed by atoms with Gasteiger partial charge in [0.25, 0.3) is 0 Å². The molecule has 2 aromatic heterocycles. The van der Waals surface area contributed by atoms with Gasteiger partial charge in [0.05, 0.1) is 42.6 Å². The van der Waals surface area contributed by atoms with Crippen LogP contribution in [0.25, 0.3) is 0 Å². The van der Waals surface area contributed by atoms with Gasteiger partial charge in [-0.2, -0.15) is 10.1 Å². The number of fused-ring (bicyclic) bond motifs is 1. The van der Waals surface area contributed by atoms with Crippen molar-refractivity contribution >= 4 is 46.5 Å². The van der Waals surface area contributed by atoms with E-state index in [0.717, 1.165) is 24.3 Å². The van der Waals surface area contributed by atoms with E-state index in [4.69, 9.17) is 4.74 Å². The van der Waals surface area contributed by atoms with Gasteiger partial charge in [-0.15, -0.1) is 0 Å². The summed E-state index contributed by atoms with van der Waals surface area (Å²) >= 11 is 0. The summed E-state index contributed by atoms with van der Waals surface area (Å²) in [6.07, 6.45) is 6.33. The van der Waals surface area contributed by atoms with Gasteiger partial charge in [0.2, 0.25) is 11.9 Å². The van der Waals surface area contributed by atoms with E-state index in [9.17, 15) is 9.59 Å². The van der Waals surface area contributed by atoms with Crippen molar-refractivity contribution in [2.75, 3.05) is 73.7 Å². The molecule has 206 valence electrons. The molecule has 3 amide bonds. The maximum atomic E-state index is 13.1. The van der Waals surface area contributed by atoms with Gasteiger partial charge < -0.3 is 25.2 Å². The smallest absolute Gasteiger partial charge is 0.330 e. The van der Waals surface area contributed by atoms with E-state index in [1.807, 2.05) is 32.1 Å². The number of aryl methyl sites for hydroxylation is 1. The Kier molecular flexibility index (Phi) is 8.00. The second kappa shape index (κ2) is 11.4. The highest BCUT2D eigenvalue weighted by Gasteiger charge is 2.31. The first-order valence-electron chi connectivity index (χ1n) is 12.3. The summed E-state index contributed by atoms with van der Waals surface area (Å²) in [6.45, 7) is 5.43. The van der Waals surface area contributed by atoms with Crippen LogP contribution in [0.2, 0.25) is 0 Å². The fourth-order valence-electron chi connectivity index (χ4n) is 4.15. The van der Waals surface area contributed by atoms with E-state index in [1.54, 1.807) is 55.4 Å².